The summed E-state index contributed by atoms with van der Waals surface area (Å²) < 4.78 is 23.6. The van der Waals surface area contributed by atoms with Gasteiger partial charge in [0.15, 0.2) is 29.2 Å². The largest absolute Gasteiger partial charge is 0.504 e. The molecule has 5 aliphatic heterocycles. The van der Waals surface area contributed by atoms with E-state index in [-0.39, 0.29) is 31.0 Å². The number of nitriles is 1. The molecule has 1 fully saturated rings. The van der Waals surface area contributed by atoms with Crippen LogP contribution in [0.25, 0.3) is 0 Å². The summed E-state index contributed by atoms with van der Waals surface area (Å²) in [5.41, 5.74) is 5.37. The quantitative estimate of drug-likeness (QED) is 0.315. The molecule has 0 saturated carbocycles. The van der Waals surface area contributed by atoms with E-state index >= 15 is 0 Å². The number of aryl methyl sites for hydroxylation is 1. The number of aliphatic hydroxyl groups excluding tert-OH is 1. The molecule has 1 amide bonds. The molecule has 0 aliphatic carbocycles. The van der Waals surface area contributed by atoms with Crippen LogP contribution in [-0.2, 0) is 17.6 Å². The van der Waals surface area contributed by atoms with Crippen molar-refractivity contribution in [1.82, 2.24) is 14.7 Å². The van der Waals surface area contributed by atoms with E-state index in [1.165, 1.54) is 18.9 Å². The topological polar surface area (TPSA) is 145 Å². The second kappa shape index (κ2) is 10.8. The van der Waals surface area contributed by atoms with E-state index in [2.05, 4.69) is 15.9 Å². The molecule has 5 heterocycles. The number of amides is 1. The average molecular weight is 653 g/mol. The van der Waals surface area contributed by atoms with Gasteiger partial charge in [-0.05, 0) is 50.9 Å². The van der Waals surface area contributed by atoms with Crippen LogP contribution in [0.15, 0.2) is 30.3 Å². The number of rotatable bonds is 4. The molecule has 3 aromatic rings. The second-order valence-electron chi connectivity index (χ2n) is 13.3. The zero-order chi connectivity index (χ0) is 33.8. The van der Waals surface area contributed by atoms with E-state index < -0.39 is 36.4 Å². The summed E-state index contributed by atoms with van der Waals surface area (Å²) in [6.07, 6.45) is -0.369. The van der Waals surface area contributed by atoms with Crippen LogP contribution in [0.2, 0.25) is 0 Å². The van der Waals surface area contributed by atoms with Gasteiger partial charge in [0.2, 0.25) is 6.79 Å². The van der Waals surface area contributed by atoms with Crippen LogP contribution in [-0.4, -0.2) is 82.4 Å². The van der Waals surface area contributed by atoms with Crippen LogP contribution < -0.4 is 18.9 Å². The maximum Gasteiger partial charge on any atom is 0.308 e. The Morgan fingerprint density at radius 2 is 1.85 bits per heavy atom. The summed E-state index contributed by atoms with van der Waals surface area (Å²) in [6, 6.07) is 9.17. The van der Waals surface area contributed by atoms with E-state index in [1.807, 2.05) is 27.0 Å². The first-order valence-corrected chi connectivity index (χ1v) is 16.1. The third kappa shape index (κ3) is 4.04. The fourth-order valence-electron chi connectivity index (χ4n) is 9.01. The number of hydrogen-bond donors (Lipinski definition) is 2. The number of likely N-dealkylation sites (N-methyl/N-ethyl adjacent to an activating group) is 1. The van der Waals surface area contributed by atoms with Gasteiger partial charge in [-0.3, -0.25) is 19.4 Å². The van der Waals surface area contributed by atoms with Crippen molar-refractivity contribution in [2.24, 2.45) is 0 Å². The molecule has 0 radical (unpaired) electrons. The smallest absolute Gasteiger partial charge is 0.308 e. The minimum atomic E-state index is -1.20. The van der Waals surface area contributed by atoms with Crippen LogP contribution >= 0.6 is 0 Å². The van der Waals surface area contributed by atoms with E-state index in [1.54, 1.807) is 24.3 Å². The summed E-state index contributed by atoms with van der Waals surface area (Å²) in [5, 5.41) is 34.2. The molecule has 12 nitrogen and oxygen atoms in total. The number of fused-ring (bicyclic) bond motifs is 10. The highest BCUT2D eigenvalue weighted by Gasteiger charge is 2.57. The predicted molar refractivity (Wildman–Crippen MR) is 170 cm³/mol. The Morgan fingerprint density at radius 3 is 2.56 bits per heavy atom. The molecule has 248 valence electrons. The molecule has 12 heteroatoms. The lowest BCUT2D eigenvalue weighted by Crippen LogP contribution is -2.68. The minimum Gasteiger partial charge on any atom is -0.504 e. The summed E-state index contributed by atoms with van der Waals surface area (Å²) in [5.74, 6) is 0.888. The van der Waals surface area contributed by atoms with Gasteiger partial charge >= 0.3 is 5.97 Å². The predicted octanol–water partition coefficient (Wildman–Crippen LogP) is 3.59. The Hall–Kier alpha value is -4.83. The minimum absolute atomic E-state index is 0.00788. The summed E-state index contributed by atoms with van der Waals surface area (Å²) in [6.45, 7) is 5.01. The first kappa shape index (κ1) is 30.5. The number of piperazine rings is 1. The van der Waals surface area contributed by atoms with Gasteiger partial charge in [-0.15, -0.1) is 0 Å². The number of nitrogens with zero attached hydrogens (tertiary/aromatic N) is 4. The van der Waals surface area contributed by atoms with Gasteiger partial charge in [0, 0.05) is 58.9 Å². The number of ether oxygens (including phenoxy) is 4. The highest BCUT2D eigenvalue weighted by Crippen LogP contribution is 2.59. The first-order valence-electron chi connectivity index (χ1n) is 16.1. The molecule has 3 aromatic carbocycles. The number of carbonyl (C=O) groups is 2. The molecular formula is C36H36N4O8. The summed E-state index contributed by atoms with van der Waals surface area (Å²) in [4.78, 5) is 32.1. The van der Waals surface area contributed by atoms with Crippen LogP contribution in [0.3, 0.4) is 0 Å². The van der Waals surface area contributed by atoms with Gasteiger partial charge in [0.25, 0.3) is 5.91 Å². The van der Waals surface area contributed by atoms with Crippen molar-refractivity contribution in [3.05, 3.63) is 74.8 Å². The molecule has 3 unspecified atom stereocenters. The van der Waals surface area contributed by atoms with Crippen molar-refractivity contribution in [2.75, 3.05) is 27.5 Å². The van der Waals surface area contributed by atoms with Crippen molar-refractivity contribution in [2.45, 2.75) is 70.0 Å². The van der Waals surface area contributed by atoms with Crippen molar-refractivity contribution in [1.29, 1.82) is 5.26 Å². The normalized spacial score (nSPS) is 26.7. The molecular weight excluding hydrogens is 616 g/mol. The van der Waals surface area contributed by atoms with Gasteiger partial charge in [0.1, 0.15) is 11.8 Å². The number of esters is 1. The second-order valence-corrected chi connectivity index (χ2v) is 13.3. The van der Waals surface area contributed by atoms with Crippen molar-refractivity contribution < 1.29 is 38.7 Å². The third-order valence-electron chi connectivity index (χ3n) is 10.9. The highest BCUT2D eigenvalue weighted by molar-refractivity contribution is 5.99. The number of phenols is 1. The molecule has 2 bridgehead atoms. The fourth-order valence-corrected chi connectivity index (χ4v) is 9.01. The molecule has 8 rings (SSSR count). The summed E-state index contributed by atoms with van der Waals surface area (Å²) >= 11 is 0. The Labute approximate surface area is 277 Å². The Bertz CT molecular complexity index is 1960. The Balaban J connectivity index is 1.37. The number of carbonyl (C=O) groups excluding carboxylic acids is 2. The molecule has 1 saturated heterocycles. The van der Waals surface area contributed by atoms with Gasteiger partial charge < -0.3 is 34.1 Å². The molecule has 0 aromatic heterocycles. The lowest BCUT2D eigenvalue weighted by Gasteiger charge is -2.60. The summed E-state index contributed by atoms with van der Waals surface area (Å²) in [7, 11) is 3.50. The van der Waals surface area contributed by atoms with Crippen LogP contribution in [0.5, 0.6) is 28.7 Å². The zero-order valence-corrected chi connectivity index (χ0v) is 27.3. The van der Waals surface area contributed by atoms with Crippen molar-refractivity contribution in [3.8, 4) is 34.8 Å². The maximum absolute atomic E-state index is 13.9. The van der Waals surface area contributed by atoms with E-state index in [9.17, 15) is 25.1 Å². The van der Waals surface area contributed by atoms with Crippen LogP contribution in [0.4, 0.5) is 0 Å². The van der Waals surface area contributed by atoms with E-state index in [0.29, 0.717) is 63.7 Å². The van der Waals surface area contributed by atoms with Gasteiger partial charge in [-0.2, -0.15) is 5.26 Å². The van der Waals surface area contributed by atoms with Crippen LogP contribution in [0, 0.1) is 25.2 Å². The lowest BCUT2D eigenvalue weighted by atomic mass is 9.71. The number of phenolic OH excluding ortho intramolecular Hbond substituents is 1. The van der Waals surface area contributed by atoms with Crippen LogP contribution in [0.1, 0.15) is 74.5 Å². The van der Waals surface area contributed by atoms with Gasteiger partial charge in [-0.1, -0.05) is 24.3 Å². The molecule has 5 aliphatic rings. The molecule has 48 heavy (non-hydrogen) atoms. The zero-order valence-electron chi connectivity index (χ0n) is 27.3. The number of methoxy groups -OCH3 is 1. The Kier molecular flexibility index (Phi) is 6.89. The average Bonchev–Trinajstić information content (AvgIpc) is 3.64. The fraction of sp³-hybridized carbons (Fsp3) is 0.417. The lowest BCUT2D eigenvalue weighted by molar-refractivity contribution is -0.132. The third-order valence-corrected chi connectivity index (χ3v) is 10.9. The number of aromatic hydroxyl groups is 1. The number of aliphatic hydroxyl groups is 1. The monoisotopic (exact) mass is 652 g/mol. The number of hydrogen-bond acceptors (Lipinski definition) is 11. The molecule has 6 atom stereocenters. The molecule has 2 N–H and O–H groups in total. The van der Waals surface area contributed by atoms with Gasteiger partial charge in [-0.25, -0.2) is 0 Å². The number of benzene rings is 3. The van der Waals surface area contributed by atoms with E-state index in [4.69, 9.17) is 18.9 Å². The first-order chi connectivity index (χ1) is 23.1. The van der Waals surface area contributed by atoms with E-state index in [0.717, 1.165) is 16.7 Å². The van der Waals surface area contributed by atoms with Crippen molar-refractivity contribution >= 4 is 11.9 Å². The highest BCUT2D eigenvalue weighted by atomic mass is 16.7. The molecule has 0 spiro atoms. The maximum atomic E-state index is 13.9. The Morgan fingerprint density at radius 1 is 1.10 bits per heavy atom. The van der Waals surface area contributed by atoms with Gasteiger partial charge in [0.05, 0.1) is 25.3 Å². The standard InChI is InChI=1S/C36H36N4O8/c1-16-10-19-11-23-25(13-37)40-24(29(38(23)4)27(19)30(42)31(16)45-5)12-22-28(34-33(46-15-47-34)17(2)32(22)48-18(3)41)26(40)14-39-35(43)20-8-6-7-9-21(20)36(39)44/h6-10,23-26,29,35,42-43H,11-12,14-15H2,1-5H3/t23-,24?,25?,26-,29-,35?/m0/s1. The SMILES string of the molecule is COc1c(C)cc2c(c1O)[C@@H]1C3Cc4c(OC(C)=O)c(C)c5c(c4[C@H](CN4C(=O)c6ccccc6C4O)N3C(C#N)[C@H](C2)N1C)OCO5. The van der Waals surface area contributed by atoms with Crippen molar-refractivity contribution in [3.63, 3.8) is 0 Å².